The van der Waals surface area contributed by atoms with Gasteiger partial charge in [0, 0.05) is 24.6 Å². The molecule has 1 aromatic carbocycles. The van der Waals surface area contributed by atoms with Crippen LogP contribution in [0.1, 0.15) is 85.6 Å². The summed E-state index contributed by atoms with van der Waals surface area (Å²) in [5.41, 5.74) is 5.55. The number of aromatic nitrogens is 1. The number of benzene rings is 1. The minimum absolute atomic E-state index is 0.00277. The molecule has 5 nitrogen and oxygen atoms in total. The van der Waals surface area contributed by atoms with Gasteiger partial charge in [-0.1, -0.05) is 59.8 Å². The Morgan fingerprint density at radius 3 is 2.14 bits per heavy atom. The molecule has 1 aromatic heterocycles. The number of pyridine rings is 1. The molecule has 0 bridgehead atoms. The van der Waals surface area contributed by atoms with Gasteiger partial charge in [-0.3, -0.25) is 4.79 Å². The Hall–Kier alpha value is -2.34. The number of hydrogen-bond acceptors (Lipinski definition) is 5. The minimum atomic E-state index is -1.11. The zero-order chi connectivity index (χ0) is 28.2. The fourth-order valence-corrected chi connectivity index (χ4v) is 4.15. The van der Waals surface area contributed by atoms with Crippen molar-refractivity contribution >= 4 is 22.3 Å². The molecule has 0 amide bonds. The van der Waals surface area contributed by atoms with E-state index in [-0.39, 0.29) is 11.7 Å². The first-order chi connectivity index (χ1) is 16.9. The topological polar surface area (TPSA) is 73.7 Å². The highest BCUT2D eigenvalue weighted by molar-refractivity contribution is 5.95. The molecule has 0 spiro atoms. The lowest BCUT2D eigenvalue weighted by atomic mass is 9.79. The largest absolute Gasteiger partial charge is 0.400 e. The molecule has 0 saturated heterocycles. The number of rotatable bonds is 9. The Balaban J connectivity index is 0.00000291. The van der Waals surface area contributed by atoms with E-state index >= 15 is 0 Å². The van der Waals surface area contributed by atoms with E-state index in [1.807, 2.05) is 47.6 Å². The van der Waals surface area contributed by atoms with Crippen LogP contribution in [0.25, 0.3) is 16.5 Å². The van der Waals surface area contributed by atoms with E-state index in [1.54, 1.807) is 13.8 Å². The van der Waals surface area contributed by atoms with Crippen LogP contribution >= 0.6 is 0 Å². The van der Waals surface area contributed by atoms with Gasteiger partial charge in [0.2, 0.25) is 0 Å². The van der Waals surface area contributed by atoms with E-state index < -0.39 is 5.60 Å². The van der Waals surface area contributed by atoms with Crippen LogP contribution in [-0.2, 0) is 17.8 Å². The molecule has 2 N–H and O–H groups in total. The predicted octanol–water partition coefficient (Wildman–Crippen LogP) is 6.60. The minimum Gasteiger partial charge on any atom is -0.400 e. The number of Topliss-reactive ketones (excluding diaryl/α,β-unsaturated/α-hetero) is 1. The van der Waals surface area contributed by atoms with Crippen LogP contribution in [0.3, 0.4) is 0 Å². The molecule has 2 aromatic rings. The predicted molar refractivity (Wildman–Crippen MR) is 155 cm³/mol. The average Bonchev–Trinajstić information content (AvgIpc) is 2.85. The fraction of sp³-hybridized carbons (Fsp3) is 0.548. The number of ketones is 1. The molecule has 0 aliphatic rings. The molecule has 5 heteroatoms. The lowest BCUT2D eigenvalue weighted by Crippen LogP contribution is -2.34. The highest BCUT2D eigenvalue weighted by Gasteiger charge is 2.32. The maximum Gasteiger partial charge on any atom is 0.156 e. The summed E-state index contributed by atoms with van der Waals surface area (Å²) < 4.78 is 0. The van der Waals surface area contributed by atoms with Crippen molar-refractivity contribution in [3.05, 3.63) is 58.3 Å². The number of fused-ring (bicyclic) bond motifs is 1. The van der Waals surface area contributed by atoms with Gasteiger partial charge in [-0.15, -0.1) is 0 Å². The van der Waals surface area contributed by atoms with E-state index in [0.29, 0.717) is 17.6 Å². The summed E-state index contributed by atoms with van der Waals surface area (Å²) in [6.07, 6.45) is 3.42. The molecule has 0 fully saturated rings. The number of carbonyl (C=O) groups is 1. The van der Waals surface area contributed by atoms with Crippen LogP contribution in [-0.4, -0.2) is 52.7 Å². The standard InChI is InChI=1S/C28H40N2O2.C2H6.CH4O/c1-10-21-16-24-22(17-30(8)9)13-12-14-26(24)29-27(21)19(5)15-25(23(11-2)20(6)31)28(7,32)18(3)4;2*1-2/h12-16,18,32H,10-11,17H2,1-9H3;1-2H3;2H,1H3/b19-15+,25-23+;;/t28-;;/m1../s1. The van der Waals surface area contributed by atoms with Crippen molar-refractivity contribution in [1.82, 2.24) is 9.88 Å². The number of aliphatic hydroxyl groups excluding tert-OH is 1. The Morgan fingerprint density at radius 1 is 1.11 bits per heavy atom. The van der Waals surface area contributed by atoms with Gasteiger partial charge in [0.15, 0.2) is 5.78 Å². The first-order valence-electron chi connectivity index (χ1n) is 13.1. The summed E-state index contributed by atoms with van der Waals surface area (Å²) in [4.78, 5) is 19.6. The average molecular weight is 499 g/mol. The third-order valence-corrected chi connectivity index (χ3v) is 6.40. The normalized spacial score (nSPS) is 13.9. The third-order valence-electron chi connectivity index (χ3n) is 6.40. The molecule has 0 saturated carbocycles. The van der Waals surface area contributed by atoms with Crippen molar-refractivity contribution in [3.8, 4) is 0 Å². The van der Waals surface area contributed by atoms with Crippen LogP contribution in [0, 0.1) is 5.92 Å². The third kappa shape index (κ3) is 8.36. The maximum atomic E-state index is 12.4. The molecule has 36 heavy (non-hydrogen) atoms. The van der Waals surface area contributed by atoms with Gasteiger partial charge >= 0.3 is 0 Å². The smallest absolute Gasteiger partial charge is 0.156 e. The molecular weight excluding hydrogens is 448 g/mol. The first kappa shape index (κ1) is 33.7. The van der Waals surface area contributed by atoms with E-state index in [2.05, 4.69) is 50.2 Å². The van der Waals surface area contributed by atoms with Gasteiger partial charge in [0.25, 0.3) is 0 Å². The molecule has 202 valence electrons. The number of hydrogen-bond donors (Lipinski definition) is 2. The molecule has 0 aliphatic heterocycles. The molecule has 0 unspecified atom stereocenters. The summed E-state index contributed by atoms with van der Waals surface area (Å²) in [6.45, 7) is 18.3. The SMILES string of the molecule is CC.CC/C(C(C)=O)=C(/C=C(\C)c1nc2cccc(CN(C)C)c2cc1CC)[C@](C)(O)C(C)C.CO. The molecule has 0 radical (unpaired) electrons. The van der Waals surface area contributed by atoms with Crippen LogP contribution in [0.4, 0.5) is 0 Å². The summed E-state index contributed by atoms with van der Waals surface area (Å²) in [6, 6.07) is 8.53. The van der Waals surface area contributed by atoms with Gasteiger partial charge in [-0.25, -0.2) is 4.98 Å². The van der Waals surface area contributed by atoms with E-state index in [1.165, 1.54) is 16.5 Å². The summed E-state index contributed by atoms with van der Waals surface area (Å²) in [5.74, 6) is -0.0331. The molecule has 1 heterocycles. The van der Waals surface area contributed by atoms with Crippen LogP contribution in [0.5, 0.6) is 0 Å². The van der Waals surface area contributed by atoms with Crippen molar-refractivity contribution in [3.63, 3.8) is 0 Å². The quantitative estimate of drug-likeness (QED) is 0.301. The highest BCUT2D eigenvalue weighted by atomic mass is 16.3. The Bertz CT molecular complexity index is 1050. The number of nitrogens with zero attached hydrogens (tertiary/aromatic N) is 2. The van der Waals surface area contributed by atoms with Crippen molar-refractivity contribution in [2.45, 2.75) is 87.3 Å². The van der Waals surface area contributed by atoms with Gasteiger partial charge < -0.3 is 15.1 Å². The summed E-state index contributed by atoms with van der Waals surface area (Å²) >= 11 is 0. The fourth-order valence-electron chi connectivity index (χ4n) is 4.15. The second-order valence-electron chi connectivity index (χ2n) is 9.50. The van der Waals surface area contributed by atoms with Crippen LogP contribution < -0.4 is 0 Å². The zero-order valence-corrected chi connectivity index (χ0v) is 24.8. The van der Waals surface area contributed by atoms with Crippen molar-refractivity contribution in [2.24, 2.45) is 5.92 Å². The summed E-state index contributed by atoms with van der Waals surface area (Å²) in [5, 5.41) is 19.5. The van der Waals surface area contributed by atoms with Crippen molar-refractivity contribution < 1.29 is 15.0 Å². The van der Waals surface area contributed by atoms with E-state index in [4.69, 9.17) is 10.1 Å². The van der Waals surface area contributed by atoms with Gasteiger partial charge in [0.1, 0.15) is 0 Å². The lowest BCUT2D eigenvalue weighted by molar-refractivity contribution is -0.114. The Morgan fingerprint density at radius 2 is 1.69 bits per heavy atom. The monoisotopic (exact) mass is 498 g/mol. The molecule has 1 atom stereocenters. The summed E-state index contributed by atoms with van der Waals surface area (Å²) in [7, 11) is 5.14. The van der Waals surface area contributed by atoms with Crippen LogP contribution in [0.2, 0.25) is 0 Å². The molecule has 2 rings (SSSR count). The number of aliphatic hydroxyl groups is 2. The van der Waals surface area contributed by atoms with Crippen molar-refractivity contribution in [1.29, 1.82) is 0 Å². The van der Waals surface area contributed by atoms with Gasteiger partial charge in [-0.05, 0) is 88.0 Å². The Kier molecular flexibility index (Phi) is 14.7. The van der Waals surface area contributed by atoms with Gasteiger partial charge in [0.05, 0.1) is 16.8 Å². The molecular formula is C31H50N2O3. The molecule has 0 aliphatic carbocycles. The second kappa shape index (κ2) is 15.7. The zero-order valence-electron chi connectivity index (χ0n) is 24.8. The number of carbonyl (C=O) groups excluding carboxylic acids is 1. The maximum absolute atomic E-state index is 12.4. The van der Waals surface area contributed by atoms with Gasteiger partial charge in [-0.2, -0.15) is 0 Å². The van der Waals surface area contributed by atoms with E-state index in [9.17, 15) is 9.90 Å². The van der Waals surface area contributed by atoms with Crippen molar-refractivity contribution in [2.75, 3.05) is 21.2 Å². The highest BCUT2D eigenvalue weighted by Crippen LogP contribution is 2.34. The Labute approximate surface area is 220 Å². The number of allylic oxidation sites excluding steroid dienone is 2. The first-order valence-corrected chi connectivity index (χ1v) is 13.1. The second-order valence-corrected chi connectivity index (χ2v) is 9.50. The van der Waals surface area contributed by atoms with Crippen LogP contribution in [0.15, 0.2) is 41.5 Å². The number of aryl methyl sites for hydroxylation is 1. The lowest BCUT2D eigenvalue weighted by Gasteiger charge is -2.31. The van der Waals surface area contributed by atoms with E-state index in [0.717, 1.165) is 36.9 Å².